The van der Waals surface area contributed by atoms with Crippen LogP contribution in [-0.2, 0) is 4.79 Å². The maximum atomic E-state index is 10.0. The van der Waals surface area contributed by atoms with Crippen molar-refractivity contribution in [1.29, 1.82) is 0 Å². The van der Waals surface area contributed by atoms with Crippen molar-refractivity contribution in [2.75, 3.05) is 19.6 Å². The fraction of sp³-hybridized carbons (Fsp3) is 0.857. The van der Waals surface area contributed by atoms with Gasteiger partial charge in [-0.2, -0.15) is 0 Å². The molecular formula is C7H11NO. The van der Waals surface area contributed by atoms with Crippen LogP contribution in [-0.4, -0.2) is 30.8 Å². The molecule has 2 atom stereocenters. The molecule has 1 saturated heterocycles. The summed E-state index contributed by atoms with van der Waals surface area (Å²) in [7, 11) is 0. The van der Waals surface area contributed by atoms with E-state index in [4.69, 9.17) is 0 Å². The summed E-state index contributed by atoms with van der Waals surface area (Å²) in [6, 6.07) is 0. The SMILES string of the molecule is O=CCN1CC2CC2C1. The second-order valence-corrected chi connectivity index (χ2v) is 3.14. The van der Waals surface area contributed by atoms with E-state index in [-0.39, 0.29) is 0 Å². The highest BCUT2D eigenvalue weighted by Crippen LogP contribution is 2.44. The third kappa shape index (κ3) is 0.874. The molecule has 0 radical (unpaired) electrons. The van der Waals surface area contributed by atoms with Gasteiger partial charge in [0.1, 0.15) is 6.29 Å². The highest BCUT2D eigenvalue weighted by molar-refractivity contribution is 5.52. The topological polar surface area (TPSA) is 20.3 Å². The summed E-state index contributed by atoms with van der Waals surface area (Å²) in [4.78, 5) is 12.3. The van der Waals surface area contributed by atoms with E-state index in [0.717, 1.165) is 18.1 Å². The van der Waals surface area contributed by atoms with Crippen LogP contribution in [0.3, 0.4) is 0 Å². The molecule has 0 spiro atoms. The van der Waals surface area contributed by atoms with E-state index in [1.54, 1.807) is 0 Å². The van der Waals surface area contributed by atoms with Gasteiger partial charge >= 0.3 is 0 Å². The van der Waals surface area contributed by atoms with Gasteiger partial charge in [-0.3, -0.25) is 4.90 Å². The van der Waals surface area contributed by atoms with Crippen molar-refractivity contribution in [3.8, 4) is 0 Å². The van der Waals surface area contributed by atoms with Crippen LogP contribution in [0.1, 0.15) is 6.42 Å². The number of hydrogen-bond donors (Lipinski definition) is 0. The van der Waals surface area contributed by atoms with Crippen molar-refractivity contribution in [3.63, 3.8) is 0 Å². The Balaban J connectivity index is 1.83. The molecule has 1 saturated carbocycles. The first-order valence-corrected chi connectivity index (χ1v) is 3.56. The molecule has 1 aliphatic carbocycles. The Kier molecular flexibility index (Phi) is 1.09. The minimum atomic E-state index is 0.660. The second kappa shape index (κ2) is 1.81. The van der Waals surface area contributed by atoms with Gasteiger partial charge in [0.15, 0.2) is 0 Å². The Hall–Kier alpha value is -0.370. The molecule has 2 fully saturated rings. The number of aldehydes is 1. The average molecular weight is 125 g/mol. The molecule has 0 amide bonds. The molecule has 1 heterocycles. The fourth-order valence-corrected chi connectivity index (χ4v) is 1.75. The van der Waals surface area contributed by atoms with Crippen molar-refractivity contribution in [1.82, 2.24) is 4.90 Å². The highest BCUT2D eigenvalue weighted by Gasteiger charge is 2.44. The molecule has 0 aromatic rings. The van der Waals surface area contributed by atoms with Crippen LogP contribution < -0.4 is 0 Å². The number of hydrogen-bond acceptors (Lipinski definition) is 2. The van der Waals surface area contributed by atoms with Gasteiger partial charge in [-0.25, -0.2) is 0 Å². The van der Waals surface area contributed by atoms with Crippen molar-refractivity contribution >= 4 is 6.29 Å². The number of piperidine rings is 1. The van der Waals surface area contributed by atoms with Crippen LogP contribution in [0.25, 0.3) is 0 Å². The Labute approximate surface area is 54.8 Å². The summed E-state index contributed by atoms with van der Waals surface area (Å²) in [6.07, 6.45) is 2.43. The standard InChI is InChI=1S/C7H11NO/c9-2-1-8-4-6-3-7(6)5-8/h2,6-7H,1,3-5H2. The van der Waals surface area contributed by atoms with E-state index in [2.05, 4.69) is 4.90 Å². The first kappa shape index (κ1) is 5.42. The van der Waals surface area contributed by atoms with E-state index in [0.29, 0.717) is 6.54 Å². The molecule has 1 aliphatic heterocycles. The van der Waals surface area contributed by atoms with Crippen LogP contribution in [0.15, 0.2) is 0 Å². The van der Waals surface area contributed by atoms with Crippen molar-refractivity contribution in [3.05, 3.63) is 0 Å². The Morgan fingerprint density at radius 3 is 2.67 bits per heavy atom. The van der Waals surface area contributed by atoms with Gasteiger partial charge in [-0.1, -0.05) is 0 Å². The van der Waals surface area contributed by atoms with E-state index < -0.39 is 0 Å². The van der Waals surface area contributed by atoms with Crippen LogP contribution in [0.2, 0.25) is 0 Å². The molecule has 2 aliphatic rings. The Morgan fingerprint density at radius 1 is 1.44 bits per heavy atom. The smallest absolute Gasteiger partial charge is 0.133 e. The zero-order valence-electron chi connectivity index (χ0n) is 5.42. The number of rotatable bonds is 2. The van der Waals surface area contributed by atoms with Gasteiger partial charge in [-0.05, 0) is 18.3 Å². The van der Waals surface area contributed by atoms with Gasteiger partial charge in [0.25, 0.3) is 0 Å². The van der Waals surface area contributed by atoms with Gasteiger partial charge in [0.2, 0.25) is 0 Å². The predicted molar refractivity (Wildman–Crippen MR) is 34.1 cm³/mol. The summed E-state index contributed by atoms with van der Waals surface area (Å²) >= 11 is 0. The Morgan fingerprint density at radius 2 is 2.11 bits per heavy atom. The molecule has 0 N–H and O–H groups in total. The number of carbonyl (C=O) groups is 1. The van der Waals surface area contributed by atoms with Crippen molar-refractivity contribution in [2.24, 2.45) is 11.8 Å². The summed E-state index contributed by atoms with van der Waals surface area (Å²) in [5.41, 5.74) is 0. The van der Waals surface area contributed by atoms with Crippen LogP contribution in [0, 0.1) is 11.8 Å². The lowest BCUT2D eigenvalue weighted by atomic mass is 10.4. The van der Waals surface area contributed by atoms with Crippen LogP contribution >= 0.6 is 0 Å². The summed E-state index contributed by atoms with van der Waals surface area (Å²) < 4.78 is 0. The predicted octanol–water partition coefficient (Wildman–Crippen LogP) is 0.137. The molecule has 9 heavy (non-hydrogen) atoms. The third-order valence-electron chi connectivity index (χ3n) is 2.39. The van der Waals surface area contributed by atoms with E-state index in [1.165, 1.54) is 19.5 Å². The minimum absolute atomic E-state index is 0.660. The maximum Gasteiger partial charge on any atom is 0.133 e. The lowest BCUT2D eigenvalue weighted by Gasteiger charge is -2.11. The molecule has 2 heteroatoms. The van der Waals surface area contributed by atoms with Gasteiger partial charge in [0.05, 0.1) is 6.54 Å². The molecule has 0 bridgehead atoms. The highest BCUT2D eigenvalue weighted by atomic mass is 16.1. The number of likely N-dealkylation sites (tertiary alicyclic amines) is 1. The number of fused-ring (bicyclic) bond motifs is 1. The van der Waals surface area contributed by atoms with E-state index in [9.17, 15) is 4.79 Å². The molecule has 2 rings (SSSR count). The monoisotopic (exact) mass is 125 g/mol. The second-order valence-electron chi connectivity index (χ2n) is 3.14. The van der Waals surface area contributed by atoms with Gasteiger partial charge in [-0.15, -0.1) is 0 Å². The normalized spacial score (nSPS) is 40.4. The van der Waals surface area contributed by atoms with Crippen LogP contribution in [0.5, 0.6) is 0 Å². The molecular weight excluding hydrogens is 114 g/mol. The van der Waals surface area contributed by atoms with E-state index >= 15 is 0 Å². The third-order valence-corrected chi connectivity index (χ3v) is 2.39. The first-order chi connectivity index (χ1) is 4.40. The number of carbonyl (C=O) groups excluding carboxylic acids is 1. The molecule has 0 aromatic carbocycles. The molecule has 2 nitrogen and oxygen atoms in total. The van der Waals surface area contributed by atoms with Gasteiger partial charge < -0.3 is 4.79 Å². The minimum Gasteiger partial charge on any atom is -0.302 e. The first-order valence-electron chi connectivity index (χ1n) is 3.56. The van der Waals surface area contributed by atoms with Gasteiger partial charge in [0, 0.05) is 13.1 Å². The molecule has 0 aromatic heterocycles. The summed E-state index contributed by atoms with van der Waals surface area (Å²) in [5, 5.41) is 0. The number of nitrogens with zero attached hydrogens (tertiary/aromatic N) is 1. The lowest BCUT2D eigenvalue weighted by molar-refractivity contribution is -0.108. The quantitative estimate of drug-likeness (QED) is 0.489. The van der Waals surface area contributed by atoms with Crippen LogP contribution in [0.4, 0.5) is 0 Å². The fourth-order valence-electron chi connectivity index (χ4n) is 1.75. The average Bonchev–Trinajstić information content (AvgIpc) is 2.42. The maximum absolute atomic E-state index is 10.0. The lowest BCUT2D eigenvalue weighted by Crippen LogP contribution is -2.24. The molecule has 50 valence electrons. The van der Waals surface area contributed by atoms with Crippen molar-refractivity contribution in [2.45, 2.75) is 6.42 Å². The largest absolute Gasteiger partial charge is 0.302 e. The van der Waals surface area contributed by atoms with Crippen molar-refractivity contribution < 1.29 is 4.79 Å². The summed E-state index contributed by atoms with van der Waals surface area (Å²) in [5.74, 6) is 1.93. The molecule has 2 unspecified atom stereocenters. The zero-order chi connectivity index (χ0) is 6.27. The summed E-state index contributed by atoms with van der Waals surface area (Å²) in [6.45, 7) is 3.03. The Bertz CT molecular complexity index is 125. The zero-order valence-corrected chi connectivity index (χ0v) is 5.42. The van der Waals surface area contributed by atoms with E-state index in [1.807, 2.05) is 0 Å².